The van der Waals surface area contributed by atoms with E-state index in [2.05, 4.69) is 15.3 Å². The lowest BCUT2D eigenvalue weighted by Crippen LogP contribution is -2.16. The molecule has 0 saturated heterocycles. The van der Waals surface area contributed by atoms with E-state index < -0.39 is 24.8 Å². The van der Waals surface area contributed by atoms with E-state index in [1.54, 1.807) is 42.5 Å². The van der Waals surface area contributed by atoms with Gasteiger partial charge in [0.05, 0.1) is 40.7 Å². The van der Waals surface area contributed by atoms with Crippen molar-refractivity contribution in [2.24, 2.45) is 5.14 Å². The van der Waals surface area contributed by atoms with Gasteiger partial charge in [-0.1, -0.05) is 18.2 Å². The van der Waals surface area contributed by atoms with Gasteiger partial charge in [0.25, 0.3) is 0 Å². The number of sulfonamides is 1. The summed E-state index contributed by atoms with van der Waals surface area (Å²) in [5, 5.41) is 8.58. The van der Waals surface area contributed by atoms with E-state index in [0.717, 1.165) is 6.26 Å². The second-order valence-corrected chi connectivity index (χ2v) is 11.1. The summed E-state index contributed by atoms with van der Waals surface area (Å²) in [7, 11) is -5.23. The first-order valence-electron chi connectivity index (χ1n) is 10.1. The van der Waals surface area contributed by atoms with Crippen LogP contribution >= 0.6 is 0 Å². The highest BCUT2D eigenvalue weighted by molar-refractivity contribution is 7.91. The lowest BCUT2D eigenvalue weighted by Gasteiger charge is -2.18. The van der Waals surface area contributed by atoms with Gasteiger partial charge in [-0.25, -0.2) is 31.9 Å². The van der Waals surface area contributed by atoms with Gasteiger partial charge in [-0.05, 0) is 36.4 Å². The fourth-order valence-corrected chi connectivity index (χ4v) is 5.32. The third-order valence-electron chi connectivity index (χ3n) is 5.16. The smallest absolute Gasteiger partial charge is 0.238 e. The van der Waals surface area contributed by atoms with E-state index in [4.69, 9.17) is 14.6 Å². The SMILES string of the molecule is COc1ccc(OC)c(Nc2nc3ccccc3nc2-c2c(S(C)(=O)=O)cccc2S(N)(=O)=O)c1. The van der Waals surface area contributed by atoms with E-state index in [9.17, 15) is 16.8 Å². The number of nitrogens with two attached hydrogens (primary N) is 1. The number of primary sulfonamides is 1. The van der Waals surface area contributed by atoms with Crippen molar-refractivity contribution in [1.82, 2.24) is 9.97 Å². The van der Waals surface area contributed by atoms with Crippen molar-refractivity contribution in [1.29, 1.82) is 0 Å². The van der Waals surface area contributed by atoms with E-state index in [0.29, 0.717) is 28.2 Å². The molecule has 4 aromatic rings. The number of nitrogens with zero attached hydrogens (tertiary/aromatic N) is 2. The molecule has 0 unspecified atom stereocenters. The van der Waals surface area contributed by atoms with Crippen LogP contribution in [0.5, 0.6) is 11.5 Å². The summed E-state index contributed by atoms with van der Waals surface area (Å²) >= 11 is 0. The number of nitrogens with one attached hydrogen (secondary N) is 1. The monoisotopic (exact) mass is 514 g/mol. The Morgan fingerprint density at radius 2 is 1.49 bits per heavy atom. The second-order valence-electron chi connectivity index (χ2n) is 7.55. The lowest BCUT2D eigenvalue weighted by molar-refractivity contribution is 0.405. The van der Waals surface area contributed by atoms with Gasteiger partial charge in [0.2, 0.25) is 10.0 Å². The molecule has 12 heteroatoms. The van der Waals surface area contributed by atoms with E-state index in [-0.39, 0.29) is 22.0 Å². The standard InChI is InChI=1S/C23H22N4O6S2/c1-32-14-11-12-18(33-2)17(13-14)27-23-22(25-15-7-4-5-8-16(15)26-23)21-19(34(3,28)29)9-6-10-20(21)35(24,30)31/h4-13H,1-3H3,(H,26,27)(H2,24,30,31). The molecule has 35 heavy (non-hydrogen) atoms. The first-order valence-corrected chi connectivity index (χ1v) is 13.6. The van der Waals surface area contributed by atoms with Crippen molar-refractivity contribution < 1.29 is 26.3 Å². The van der Waals surface area contributed by atoms with Crippen LogP contribution in [0.25, 0.3) is 22.3 Å². The molecule has 4 rings (SSSR count). The van der Waals surface area contributed by atoms with Crippen LogP contribution in [0.4, 0.5) is 11.5 Å². The zero-order chi connectivity index (χ0) is 25.4. The minimum atomic E-state index is -4.34. The topological polar surface area (TPSA) is 151 Å². The number of benzene rings is 3. The van der Waals surface area contributed by atoms with Crippen LogP contribution in [0.2, 0.25) is 0 Å². The molecule has 0 amide bonds. The van der Waals surface area contributed by atoms with E-state index in [1.807, 2.05) is 0 Å². The summed E-state index contributed by atoms with van der Waals surface area (Å²) in [5.41, 5.74) is 1.16. The van der Waals surface area contributed by atoms with Gasteiger partial charge in [-0.2, -0.15) is 0 Å². The summed E-state index contributed by atoms with van der Waals surface area (Å²) in [6.45, 7) is 0. The number of ether oxygens (including phenoxy) is 2. The third-order valence-corrected chi connectivity index (χ3v) is 7.25. The van der Waals surface area contributed by atoms with Gasteiger partial charge in [0.15, 0.2) is 15.7 Å². The maximum atomic E-state index is 12.7. The molecule has 0 radical (unpaired) electrons. The molecule has 0 aliphatic heterocycles. The predicted molar refractivity (Wildman–Crippen MR) is 132 cm³/mol. The minimum absolute atomic E-state index is 0.0152. The molecule has 1 aromatic heterocycles. The molecule has 0 atom stereocenters. The molecule has 0 aliphatic carbocycles. The predicted octanol–water partition coefficient (Wildman–Crippen LogP) is 3.11. The fourth-order valence-electron chi connectivity index (χ4n) is 3.59. The van der Waals surface area contributed by atoms with Crippen molar-refractivity contribution in [2.75, 3.05) is 25.8 Å². The number of aromatic nitrogens is 2. The zero-order valence-electron chi connectivity index (χ0n) is 19.0. The number of rotatable bonds is 7. The molecule has 0 aliphatic rings. The number of fused-ring (bicyclic) bond motifs is 1. The van der Waals surface area contributed by atoms with Crippen molar-refractivity contribution in [3.05, 3.63) is 60.7 Å². The van der Waals surface area contributed by atoms with Gasteiger partial charge in [0, 0.05) is 17.9 Å². The van der Waals surface area contributed by atoms with Crippen LogP contribution in [-0.2, 0) is 19.9 Å². The molecule has 0 spiro atoms. The number of anilines is 2. The average Bonchev–Trinajstić information content (AvgIpc) is 2.82. The van der Waals surface area contributed by atoms with Crippen LogP contribution in [0.1, 0.15) is 0 Å². The molecule has 0 bridgehead atoms. The Bertz CT molecular complexity index is 1600. The highest BCUT2D eigenvalue weighted by Crippen LogP contribution is 2.39. The maximum absolute atomic E-state index is 12.7. The second kappa shape index (κ2) is 9.13. The molecule has 0 saturated carbocycles. The average molecular weight is 515 g/mol. The van der Waals surface area contributed by atoms with Crippen molar-refractivity contribution in [2.45, 2.75) is 9.79 Å². The molecule has 1 heterocycles. The minimum Gasteiger partial charge on any atom is -0.497 e. The summed E-state index contributed by atoms with van der Waals surface area (Å²) < 4.78 is 61.1. The van der Waals surface area contributed by atoms with Gasteiger partial charge < -0.3 is 14.8 Å². The fraction of sp³-hybridized carbons (Fsp3) is 0.130. The van der Waals surface area contributed by atoms with Gasteiger partial charge in [-0.15, -0.1) is 0 Å². The molecular formula is C23H22N4O6S2. The van der Waals surface area contributed by atoms with Gasteiger partial charge in [0.1, 0.15) is 17.2 Å². The van der Waals surface area contributed by atoms with Crippen molar-refractivity contribution in [3.8, 4) is 22.8 Å². The van der Waals surface area contributed by atoms with Crippen LogP contribution in [0.3, 0.4) is 0 Å². The molecule has 10 nitrogen and oxygen atoms in total. The Labute approximate surface area is 202 Å². The molecule has 3 N–H and O–H groups in total. The van der Waals surface area contributed by atoms with Crippen molar-refractivity contribution in [3.63, 3.8) is 0 Å². The van der Waals surface area contributed by atoms with Gasteiger partial charge >= 0.3 is 0 Å². The highest BCUT2D eigenvalue weighted by Gasteiger charge is 2.27. The quantitative estimate of drug-likeness (QED) is 0.379. The number of hydrogen-bond donors (Lipinski definition) is 2. The van der Waals surface area contributed by atoms with E-state index >= 15 is 0 Å². The maximum Gasteiger partial charge on any atom is 0.238 e. The Balaban J connectivity index is 2.10. The zero-order valence-corrected chi connectivity index (χ0v) is 20.6. The van der Waals surface area contributed by atoms with Crippen LogP contribution in [0, 0.1) is 0 Å². The Kier molecular flexibility index (Phi) is 6.36. The third kappa shape index (κ3) is 4.90. The van der Waals surface area contributed by atoms with Crippen LogP contribution in [-0.4, -0.2) is 47.3 Å². The molecule has 3 aromatic carbocycles. The van der Waals surface area contributed by atoms with Gasteiger partial charge in [-0.3, -0.25) is 0 Å². The number of hydrogen-bond acceptors (Lipinski definition) is 9. The first-order chi connectivity index (χ1) is 16.5. The Morgan fingerprint density at radius 3 is 2.09 bits per heavy atom. The Hall–Kier alpha value is -3.74. The van der Waals surface area contributed by atoms with Crippen molar-refractivity contribution >= 4 is 42.4 Å². The normalized spacial score (nSPS) is 11.9. The number of para-hydroxylation sites is 2. The summed E-state index contributed by atoms with van der Waals surface area (Å²) in [5.74, 6) is 1.05. The number of sulfone groups is 1. The summed E-state index contributed by atoms with van der Waals surface area (Å²) in [4.78, 5) is 8.58. The number of methoxy groups -OCH3 is 2. The lowest BCUT2D eigenvalue weighted by atomic mass is 10.1. The van der Waals surface area contributed by atoms with E-state index in [1.165, 1.54) is 32.4 Å². The molecular weight excluding hydrogens is 492 g/mol. The molecule has 0 fully saturated rings. The summed E-state index contributed by atoms with van der Waals surface area (Å²) in [6.07, 6.45) is 0.978. The largest absolute Gasteiger partial charge is 0.497 e. The van der Waals surface area contributed by atoms with Crippen LogP contribution in [0.15, 0.2) is 70.5 Å². The Morgan fingerprint density at radius 1 is 0.829 bits per heavy atom. The molecule has 182 valence electrons. The first kappa shape index (κ1) is 24.4. The van der Waals surface area contributed by atoms with Crippen LogP contribution < -0.4 is 19.9 Å². The highest BCUT2D eigenvalue weighted by atomic mass is 32.2. The summed E-state index contributed by atoms with van der Waals surface area (Å²) in [6, 6.07) is 15.8.